The van der Waals surface area contributed by atoms with Crippen LogP contribution < -0.4 is 5.32 Å². The van der Waals surface area contributed by atoms with Crippen LogP contribution in [0, 0.1) is 0 Å². The third-order valence-electron chi connectivity index (χ3n) is 17.1. The van der Waals surface area contributed by atoms with Crippen LogP contribution >= 0.6 is 0 Å². The van der Waals surface area contributed by atoms with Crippen LogP contribution in [0.4, 0.5) is 0 Å². The molecule has 0 spiro atoms. The van der Waals surface area contributed by atoms with Crippen LogP contribution in [0.1, 0.15) is 406 Å². The van der Waals surface area contributed by atoms with Gasteiger partial charge >= 0.3 is 5.97 Å². The monoisotopic (exact) mass is 1140 g/mol. The molecule has 0 aliphatic heterocycles. The highest BCUT2D eigenvalue weighted by molar-refractivity contribution is 5.76. The minimum Gasteiger partial charge on any atom is -0.466 e. The average Bonchev–Trinajstić information content (AvgIpc) is 3.47. The number of hydrogen-bond acceptors (Lipinski definition) is 5. The van der Waals surface area contributed by atoms with Crippen molar-refractivity contribution >= 4 is 11.9 Å². The molecule has 6 heteroatoms. The second-order valence-corrected chi connectivity index (χ2v) is 25.3. The minimum absolute atomic E-state index is 0.0185. The molecule has 81 heavy (non-hydrogen) atoms. The summed E-state index contributed by atoms with van der Waals surface area (Å²) in [6, 6.07) is -0.624. The standard InChI is InChI=1S/C75H143NO5/c1-3-5-7-9-11-13-15-17-18-19-35-39-42-45-49-53-57-61-65-69-75(80)81-70-66-62-58-54-50-46-43-40-37-34-32-30-28-26-24-22-20-21-23-25-27-29-31-33-36-38-41-44-48-52-56-60-64-68-74(79)76-72(71-77)73(78)67-63-59-55-51-47-16-14-12-10-8-6-4-2/h17-18,24,26,63,67,72-73,77-78H,3-16,19-23,25,27-62,64-66,68-71H2,1-2H3,(H,76,79)/b18-17-,26-24-,67-63+. The van der Waals surface area contributed by atoms with Crippen LogP contribution in [0.5, 0.6) is 0 Å². The highest BCUT2D eigenvalue weighted by Crippen LogP contribution is 2.19. The topological polar surface area (TPSA) is 95.9 Å². The molecule has 0 fully saturated rings. The Labute approximate surface area is 506 Å². The summed E-state index contributed by atoms with van der Waals surface area (Å²) in [6.45, 7) is 4.92. The van der Waals surface area contributed by atoms with Crippen LogP contribution in [0.15, 0.2) is 36.5 Å². The lowest BCUT2D eigenvalue weighted by Crippen LogP contribution is -2.45. The maximum Gasteiger partial charge on any atom is 0.305 e. The Bertz CT molecular complexity index is 1310. The van der Waals surface area contributed by atoms with E-state index in [9.17, 15) is 19.8 Å². The van der Waals surface area contributed by atoms with Crippen molar-refractivity contribution < 1.29 is 24.5 Å². The maximum absolute atomic E-state index is 12.5. The highest BCUT2D eigenvalue weighted by Gasteiger charge is 2.18. The molecule has 0 aliphatic carbocycles. The molecule has 0 radical (unpaired) electrons. The fourth-order valence-corrected chi connectivity index (χ4v) is 11.5. The van der Waals surface area contributed by atoms with Crippen molar-refractivity contribution in [1.82, 2.24) is 5.32 Å². The Hall–Kier alpha value is -1.92. The zero-order chi connectivity index (χ0) is 58.5. The van der Waals surface area contributed by atoms with Gasteiger partial charge < -0.3 is 20.3 Å². The second kappa shape index (κ2) is 70.6. The number of esters is 1. The van der Waals surface area contributed by atoms with E-state index in [0.717, 1.165) is 38.5 Å². The highest BCUT2D eigenvalue weighted by atomic mass is 16.5. The van der Waals surface area contributed by atoms with Crippen molar-refractivity contribution in [3.8, 4) is 0 Å². The van der Waals surface area contributed by atoms with Gasteiger partial charge in [0.25, 0.3) is 0 Å². The van der Waals surface area contributed by atoms with E-state index in [1.807, 2.05) is 6.08 Å². The minimum atomic E-state index is -0.841. The fourth-order valence-electron chi connectivity index (χ4n) is 11.5. The number of carbonyl (C=O) groups excluding carboxylic acids is 2. The predicted octanol–water partition coefficient (Wildman–Crippen LogP) is 23.9. The number of ether oxygens (including phenoxy) is 1. The molecule has 1 amide bonds. The number of allylic oxidation sites excluding steroid dienone is 5. The Balaban J connectivity index is 3.33. The first kappa shape index (κ1) is 79.1. The lowest BCUT2D eigenvalue weighted by molar-refractivity contribution is -0.143. The summed E-state index contributed by atoms with van der Waals surface area (Å²) in [5.41, 5.74) is 0. The van der Waals surface area contributed by atoms with Crippen LogP contribution in [0.2, 0.25) is 0 Å². The van der Waals surface area contributed by atoms with Crippen LogP contribution in [-0.2, 0) is 14.3 Å². The zero-order valence-electron chi connectivity index (χ0n) is 54.8. The Morgan fingerprint density at radius 3 is 0.877 bits per heavy atom. The lowest BCUT2D eigenvalue weighted by atomic mass is 10.0. The molecule has 0 rings (SSSR count). The summed E-state index contributed by atoms with van der Waals surface area (Å²) in [5, 5.41) is 23.1. The van der Waals surface area contributed by atoms with Crippen LogP contribution in [-0.4, -0.2) is 47.4 Å². The Morgan fingerprint density at radius 1 is 0.333 bits per heavy atom. The normalized spacial score (nSPS) is 12.7. The second-order valence-electron chi connectivity index (χ2n) is 25.3. The molecule has 0 saturated carbocycles. The molecule has 0 aliphatic rings. The molecule has 0 heterocycles. The van der Waals surface area contributed by atoms with E-state index in [0.29, 0.717) is 19.4 Å². The summed E-state index contributed by atoms with van der Waals surface area (Å²) < 4.78 is 5.51. The van der Waals surface area contributed by atoms with Gasteiger partial charge in [-0.05, 0) is 83.5 Å². The summed E-state index contributed by atoms with van der Waals surface area (Å²) in [6.07, 6.45) is 91.1. The van der Waals surface area contributed by atoms with Crippen LogP contribution in [0.25, 0.3) is 0 Å². The van der Waals surface area contributed by atoms with Crippen molar-refractivity contribution in [2.75, 3.05) is 13.2 Å². The van der Waals surface area contributed by atoms with E-state index >= 15 is 0 Å². The number of hydrogen-bond donors (Lipinski definition) is 3. The van der Waals surface area contributed by atoms with Crippen molar-refractivity contribution in [2.24, 2.45) is 0 Å². The molecule has 2 unspecified atom stereocenters. The molecule has 0 aromatic heterocycles. The SMILES string of the molecule is CCCCCCCC/C=C\CCCCCCCCCCCC(=O)OCCCCCCCCCCCCCC/C=C\CCCCCCCCCCCCCCCCCCCC(=O)NC(CO)C(O)/C=C/CCCCCCCCCCCC. The number of nitrogens with one attached hydrogen (secondary N) is 1. The molecule has 0 aromatic rings. The molecular formula is C75H143NO5. The molecule has 0 bridgehead atoms. The van der Waals surface area contributed by atoms with Gasteiger partial charge in [-0.15, -0.1) is 0 Å². The first-order chi connectivity index (χ1) is 40.0. The van der Waals surface area contributed by atoms with Gasteiger partial charge in [-0.1, -0.05) is 346 Å². The molecule has 3 N–H and O–H groups in total. The van der Waals surface area contributed by atoms with Gasteiger partial charge in [-0.3, -0.25) is 9.59 Å². The van der Waals surface area contributed by atoms with E-state index in [1.165, 1.54) is 340 Å². The smallest absolute Gasteiger partial charge is 0.305 e. The number of amides is 1. The van der Waals surface area contributed by atoms with Gasteiger partial charge in [0.1, 0.15) is 0 Å². The molecule has 2 atom stereocenters. The van der Waals surface area contributed by atoms with Gasteiger partial charge in [-0.2, -0.15) is 0 Å². The Kier molecular flexibility index (Phi) is 68.9. The lowest BCUT2D eigenvalue weighted by Gasteiger charge is -2.20. The summed E-state index contributed by atoms with van der Waals surface area (Å²) in [7, 11) is 0. The Morgan fingerprint density at radius 2 is 0.580 bits per heavy atom. The van der Waals surface area contributed by atoms with Crippen molar-refractivity contribution in [3.05, 3.63) is 36.5 Å². The zero-order valence-corrected chi connectivity index (χ0v) is 54.8. The summed E-state index contributed by atoms with van der Waals surface area (Å²) >= 11 is 0. The molecule has 0 aromatic carbocycles. The third kappa shape index (κ3) is 67.1. The van der Waals surface area contributed by atoms with Gasteiger partial charge in [0, 0.05) is 12.8 Å². The molecular weight excluding hydrogens is 995 g/mol. The van der Waals surface area contributed by atoms with E-state index in [-0.39, 0.29) is 18.5 Å². The largest absolute Gasteiger partial charge is 0.466 e. The van der Waals surface area contributed by atoms with E-state index < -0.39 is 12.1 Å². The molecule has 6 nitrogen and oxygen atoms in total. The van der Waals surface area contributed by atoms with E-state index in [4.69, 9.17) is 4.74 Å². The van der Waals surface area contributed by atoms with Gasteiger partial charge in [-0.25, -0.2) is 0 Å². The third-order valence-corrected chi connectivity index (χ3v) is 17.1. The average molecular weight is 1140 g/mol. The quantitative estimate of drug-likeness (QED) is 0.0320. The fraction of sp³-hybridized carbons (Fsp3) is 0.893. The summed E-state index contributed by atoms with van der Waals surface area (Å²) in [4.78, 5) is 24.6. The molecule has 478 valence electrons. The van der Waals surface area contributed by atoms with Gasteiger partial charge in [0.15, 0.2) is 0 Å². The number of aliphatic hydroxyl groups is 2. The predicted molar refractivity (Wildman–Crippen MR) is 356 cm³/mol. The van der Waals surface area contributed by atoms with E-state index in [2.05, 4.69) is 43.5 Å². The van der Waals surface area contributed by atoms with Gasteiger partial charge in [0.05, 0.1) is 25.4 Å². The maximum atomic E-state index is 12.5. The first-order valence-electron chi connectivity index (χ1n) is 36.8. The van der Waals surface area contributed by atoms with Crippen molar-refractivity contribution in [1.29, 1.82) is 0 Å². The number of carbonyl (C=O) groups is 2. The number of aliphatic hydroxyl groups excluding tert-OH is 2. The van der Waals surface area contributed by atoms with E-state index in [1.54, 1.807) is 6.08 Å². The van der Waals surface area contributed by atoms with Crippen LogP contribution in [0.3, 0.4) is 0 Å². The van der Waals surface area contributed by atoms with Crippen molar-refractivity contribution in [3.63, 3.8) is 0 Å². The number of rotatable bonds is 69. The summed E-state index contributed by atoms with van der Waals surface area (Å²) in [5.74, 6) is -0.0456. The van der Waals surface area contributed by atoms with Crippen molar-refractivity contribution in [2.45, 2.75) is 418 Å². The molecule has 0 saturated heterocycles. The van der Waals surface area contributed by atoms with Gasteiger partial charge in [0.2, 0.25) is 5.91 Å². The first-order valence-corrected chi connectivity index (χ1v) is 36.8. The number of unbranched alkanes of at least 4 members (excludes halogenated alkanes) is 54.